The van der Waals surface area contributed by atoms with Crippen molar-refractivity contribution in [1.82, 2.24) is 10.2 Å². The first-order valence-corrected chi connectivity index (χ1v) is 9.10. The molecular formula is C18H26N2O4. The third-order valence-corrected chi connectivity index (χ3v) is 5.56. The first-order chi connectivity index (χ1) is 11.8. The van der Waals surface area contributed by atoms with Crippen LogP contribution >= 0.6 is 0 Å². The summed E-state index contributed by atoms with van der Waals surface area (Å²) in [6.45, 7) is 3.25. The zero-order valence-electron chi connectivity index (χ0n) is 14.0. The molecule has 6 nitrogen and oxygen atoms in total. The molecule has 1 aromatic rings. The van der Waals surface area contributed by atoms with Gasteiger partial charge in [-0.05, 0) is 44.2 Å². The maximum absolute atomic E-state index is 12.4. The molecule has 0 unspecified atom stereocenters. The van der Waals surface area contributed by atoms with Crippen molar-refractivity contribution in [1.29, 1.82) is 0 Å². The Morgan fingerprint density at radius 2 is 2.08 bits per heavy atom. The van der Waals surface area contributed by atoms with Crippen LogP contribution in [0.2, 0.25) is 0 Å². The molecule has 0 aliphatic carbocycles. The van der Waals surface area contributed by atoms with Gasteiger partial charge in [0.25, 0.3) is 0 Å². The predicted molar refractivity (Wildman–Crippen MR) is 87.4 cm³/mol. The quantitative estimate of drug-likeness (QED) is 0.908. The number of ether oxygens (including phenoxy) is 2. The Bertz CT molecular complexity index is 541. The Morgan fingerprint density at radius 3 is 2.88 bits per heavy atom. The van der Waals surface area contributed by atoms with E-state index in [0.717, 1.165) is 57.6 Å². The van der Waals surface area contributed by atoms with E-state index in [2.05, 4.69) is 10.2 Å². The molecule has 1 amide bonds. The number of amides is 1. The van der Waals surface area contributed by atoms with Crippen LogP contribution in [0.15, 0.2) is 22.8 Å². The second-order valence-corrected chi connectivity index (χ2v) is 6.98. The van der Waals surface area contributed by atoms with Crippen LogP contribution in [0.5, 0.6) is 0 Å². The number of carbonyl (C=O) groups excluding carboxylic acids is 1. The van der Waals surface area contributed by atoms with E-state index in [1.54, 1.807) is 6.26 Å². The zero-order valence-corrected chi connectivity index (χ0v) is 14.0. The Balaban J connectivity index is 1.29. The predicted octanol–water partition coefficient (Wildman–Crippen LogP) is 1.70. The first kappa shape index (κ1) is 16.1. The minimum atomic E-state index is -0.323. The van der Waals surface area contributed by atoms with Gasteiger partial charge in [0.15, 0.2) is 0 Å². The van der Waals surface area contributed by atoms with Gasteiger partial charge in [-0.3, -0.25) is 9.69 Å². The second kappa shape index (κ2) is 7.25. The number of nitrogens with zero attached hydrogens (tertiary/aromatic N) is 1. The Labute approximate surface area is 142 Å². The van der Waals surface area contributed by atoms with Crippen molar-refractivity contribution < 1.29 is 18.7 Å². The van der Waals surface area contributed by atoms with E-state index >= 15 is 0 Å². The van der Waals surface area contributed by atoms with Crippen LogP contribution in [0.4, 0.5) is 0 Å². The molecule has 3 fully saturated rings. The number of furan rings is 1. The second-order valence-electron chi connectivity index (χ2n) is 6.98. The van der Waals surface area contributed by atoms with Crippen molar-refractivity contribution in [2.45, 2.75) is 62.9 Å². The lowest BCUT2D eigenvalue weighted by Gasteiger charge is -2.40. The fourth-order valence-corrected chi connectivity index (χ4v) is 4.32. The van der Waals surface area contributed by atoms with E-state index < -0.39 is 0 Å². The lowest BCUT2D eigenvalue weighted by Crippen LogP contribution is -2.50. The van der Waals surface area contributed by atoms with Crippen molar-refractivity contribution in [3.63, 3.8) is 0 Å². The molecule has 24 heavy (non-hydrogen) atoms. The normalized spacial score (nSPS) is 31.8. The van der Waals surface area contributed by atoms with E-state index in [1.807, 2.05) is 12.1 Å². The van der Waals surface area contributed by atoms with Crippen molar-refractivity contribution in [2.75, 3.05) is 19.8 Å². The smallest absolute Gasteiger partial charge is 0.249 e. The number of hydrogen-bond acceptors (Lipinski definition) is 5. The van der Waals surface area contributed by atoms with E-state index in [-0.39, 0.29) is 18.1 Å². The molecule has 4 rings (SSSR count). The van der Waals surface area contributed by atoms with Crippen LogP contribution in [-0.4, -0.2) is 54.9 Å². The molecule has 0 spiro atoms. The number of nitrogens with one attached hydrogen (secondary N) is 1. The molecule has 0 aromatic carbocycles. The van der Waals surface area contributed by atoms with Gasteiger partial charge in [0.05, 0.1) is 18.9 Å². The van der Waals surface area contributed by atoms with Gasteiger partial charge < -0.3 is 19.2 Å². The summed E-state index contributed by atoms with van der Waals surface area (Å²) in [7, 11) is 0. The molecule has 1 N–H and O–H groups in total. The van der Waals surface area contributed by atoms with Crippen LogP contribution in [0, 0.1) is 0 Å². The minimum Gasteiger partial charge on any atom is -0.467 e. The average molecular weight is 334 g/mol. The molecule has 1 aromatic heterocycles. The number of hydrogen-bond donors (Lipinski definition) is 1. The lowest BCUT2D eigenvalue weighted by molar-refractivity contribution is -0.145. The molecule has 4 heterocycles. The molecular weight excluding hydrogens is 308 g/mol. The molecule has 0 saturated carbocycles. The highest BCUT2D eigenvalue weighted by Crippen LogP contribution is 2.34. The summed E-state index contributed by atoms with van der Waals surface area (Å²) in [5.74, 6) is 0.748. The molecule has 3 saturated heterocycles. The van der Waals surface area contributed by atoms with Crippen molar-refractivity contribution in [2.24, 2.45) is 0 Å². The summed E-state index contributed by atoms with van der Waals surface area (Å²) in [5.41, 5.74) is 0. The van der Waals surface area contributed by atoms with Gasteiger partial charge in [-0.15, -0.1) is 0 Å². The van der Waals surface area contributed by atoms with E-state index in [4.69, 9.17) is 13.9 Å². The highest BCUT2D eigenvalue weighted by atomic mass is 16.5. The van der Waals surface area contributed by atoms with Crippen LogP contribution in [0.25, 0.3) is 0 Å². The van der Waals surface area contributed by atoms with E-state index in [1.165, 1.54) is 0 Å². The third kappa shape index (κ3) is 3.36. The fourth-order valence-electron chi connectivity index (χ4n) is 4.32. The largest absolute Gasteiger partial charge is 0.467 e. The maximum atomic E-state index is 12.4. The van der Waals surface area contributed by atoms with Crippen molar-refractivity contribution in [3.8, 4) is 0 Å². The van der Waals surface area contributed by atoms with E-state index in [0.29, 0.717) is 18.6 Å². The van der Waals surface area contributed by atoms with Gasteiger partial charge in [0.1, 0.15) is 11.9 Å². The molecule has 132 valence electrons. The molecule has 3 aliphatic rings. The third-order valence-electron chi connectivity index (χ3n) is 5.56. The number of rotatable bonds is 4. The van der Waals surface area contributed by atoms with Crippen LogP contribution in [0.3, 0.4) is 0 Å². The monoisotopic (exact) mass is 334 g/mol. The van der Waals surface area contributed by atoms with Gasteiger partial charge in [0.2, 0.25) is 5.91 Å². The van der Waals surface area contributed by atoms with Gasteiger partial charge >= 0.3 is 0 Å². The summed E-state index contributed by atoms with van der Waals surface area (Å²) in [6, 6.07) is 4.79. The van der Waals surface area contributed by atoms with Gasteiger partial charge in [-0.25, -0.2) is 0 Å². The zero-order chi connectivity index (χ0) is 16.4. The van der Waals surface area contributed by atoms with Crippen LogP contribution in [-0.2, 0) is 20.8 Å². The van der Waals surface area contributed by atoms with Crippen LogP contribution < -0.4 is 5.32 Å². The molecule has 6 heteroatoms. The Hall–Kier alpha value is -1.37. The standard InChI is InChI=1S/C18H26N2O4/c21-18(19-12-14-2-1-9-23-14)17-4-3-15-16(24-17)5-8-20(15)13-6-10-22-11-7-13/h1-2,9,13,15-17H,3-8,10-12H2,(H,19,21)/t15-,16-,17-/m1/s1. The summed E-state index contributed by atoms with van der Waals surface area (Å²) in [5, 5.41) is 2.92. The SMILES string of the molecule is O=C(NCc1ccco1)[C@H]1CC[C@@H]2[C@@H](CCN2C2CCOCC2)O1. The molecule has 0 bridgehead atoms. The maximum Gasteiger partial charge on any atom is 0.249 e. The summed E-state index contributed by atoms with van der Waals surface area (Å²) >= 11 is 0. The summed E-state index contributed by atoms with van der Waals surface area (Å²) < 4.78 is 16.9. The van der Waals surface area contributed by atoms with E-state index in [9.17, 15) is 4.79 Å². The lowest BCUT2D eigenvalue weighted by atomic mass is 9.96. The molecule has 0 radical (unpaired) electrons. The topological polar surface area (TPSA) is 63.9 Å². The number of likely N-dealkylation sites (tertiary alicyclic amines) is 1. The number of fused-ring (bicyclic) bond motifs is 1. The van der Waals surface area contributed by atoms with Gasteiger partial charge in [0, 0.05) is 31.8 Å². The number of carbonyl (C=O) groups is 1. The summed E-state index contributed by atoms with van der Waals surface area (Å²) in [4.78, 5) is 15.0. The fraction of sp³-hybridized carbons (Fsp3) is 0.722. The van der Waals surface area contributed by atoms with Crippen molar-refractivity contribution in [3.05, 3.63) is 24.2 Å². The Kier molecular flexibility index (Phi) is 4.87. The molecule has 3 atom stereocenters. The highest BCUT2D eigenvalue weighted by molar-refractivity contribution is 5.80. The highest BCUT2D eigenvalue weighted by Gasteiger charge is 2.44. The summed E-state index contributed by atoms with van der Waals surface area (Å²) in [6.07, 6.45) is 6.60. The minimum absolute atomic E-state index is 0.0191. The van der Waals surface area contributed by atoms with Gasteiger partial charge in [-0.2, -0.15) is 0 Å². The molecule has 3 aliphatic heterocycles. The first-order valence-electron chi connectivity index (χ1n) is 9.10. The average Bonchev–Trinajstić information content (AvgIpc) is 3.29. The Morgan fingerprint density at radius 1 is 1.21 bits per heavy atom. The van der Waals surface area contributed by atoms with Gasteiger partial charge in [-0.1, -0.05) is 0 Å². The van der Waals surface area contributed by atoms with Crippen molar-refractivity contribution >= 4 is 5.91 Å². The van der Waals surface area contributed by atoms with Crippen LogP contribution in [0.1, 0.15) is 37.9 Å².